The standard InChI is InChI=1S/C23H34N4O2/c1-4-10-21-23(5-2,26-17-16-24-14-9-18-27(21)3)13-15-25-22(28)29-19-20-11-7-6-8-12-20/h4,6-11,14,16-18,20,22,25-26,28H,1,5,12-13,15,19H2,2-3H3/b17-16+,18-9+,21-10-,24-14+. The fraction of sp³-hybridized carbons (Fsp3) is 0.435. The second-order valence-corrected chi connectivity index (χ2v) is 7.13. The monoisotopic (exact) mass is 398 g/mol. The van der Waals surface area contributed by atoms with Crippen molar-refractivity contribution in [3.8, 4) is 0 Å². The number of aliphatic hydroxyl groups excluding tert-OH is 1. The van der Waals surface area contributed by atoms with E-state index < -0.39 is 6.41 Å². The molecule has 0 aromatic carbocycles. The topological polar surface area (TPSA) is 69.1 Å². The Kier molecular flexibility index (Phi) is 9.64. The fourth-order valence-electron chi connectivity index (χ4n) is 3.49. The molecule has 0 saturated carbocycles. The van der Waals surface area contributed by atoms with Crippen molar-refractivity contribution in [2.45, 2.75) is 38.1 Å². The minimum atomic E-state index is -0.993. The van der Waals surface area contributed by atoms with E-state index in [4.69, 9.17) is 4.74 Å². The van der Waals surface area contributed by atoms with Crippen LogP contribution in [0.5, 0.6) is 0 Å². The molecule has 1 aliphatic heterocycles. The summed E-state index contributed by atoms with van der Waals surface area (Å²) < 4.78 is 5.57. The number of nitrogens with zero attached hydrogens (tertiary/aromatic N) is 2. The third kappa shape index (κ3) is 7.16. The molecule has 3 unspecified atom stereocenters. The Morgan fingerprint density at radius 3 is 3.07 bits per heavy atom. The van der Waals surface area contributed by atoms with Crippen molar-refractivity contribution in [2.24, 2.45) is 10.9 Å². The van der Waals surface area contributed by atoms with E-state index in [2.05, 4.69) is 46.2 Å². The van der Waals surface area contributed by atoms with Crippen LogP contribution in [0.25, 0.3) is 0 Å². The summed E-state index contributed by atoms with van der Waals surface area (Å²) in [6.45, 7) is 7.08. The van der Waals surface area contributed by atoms with Gasteiger partial charge in [-0.15, -0.1) is 0 Å². The highest BCUT2D eigenvalue weighted by molar-refractivity contribution is 5.71. The summed E-state index contributed by atoms with van der Waals surface area (Å²) in [5.74, 6) is 0.312. The molecule has 0 spiro atoms. The molecule has 0 amide bonds. The van der Waals surface area contributed by atoms with Gasteiger partial charge in [0, 0.05) is 50.0 Å². The third-order valence-corrected chi connectivity index (χ3v) is 5.16. The van der Waals surface area contributed by atoms with Gasteiger partial charge in [0.25, 0.3) is 0 Å². The summed E-state index contributed by atoms with van der Waals surface area (Å²) in [6.07, 6.45) is 22.8. The molecule has 158 valence electrons. The second kappa shape index (κ2) is 12.2. The first-order chi connectivity index (χ1) is 14.1. The van der Waals surface area contributed by atoms with Crippen molar-refractivity contribution in [3.63, 3.8) is 0 Å². The molecule has 1 heterocycles. The van der Waals surface area contributed by atoms with Gasteiger partial charge in [0.2, 0.25) is 6.41 Å². The molecule has 29 heavy (non-hydrogen) atoms. The van der Waals surface area contributed by atoms with Crippen LogP contribution in [0.2, 0.25) is 0 Å². The average Bonchev–Trinajstić information content (AvgIpc) is 2.74. The summed E-state index contributed by atoms with van der Waals surface area (Å²) in [6, 6.07) is 0. The van der Waals surface area contributed by atoms with Gasteiger partial charge in [-0.2, -0.15) is 0 Å². The number of rotatable bonds is 9. The summed E-state index contributed by atoms with van der Waals surface area (Å²) in [5.41, 5.74) is 0.739. The largest absolute Gasteiger partial charge is 0.379 e. The lowest BCUT2D eigenvalue weighted by atomic mass is 9.86. The first kappa shape index (κ1) is 22.9. The maximum atomic E-state index is 10.2. The summed E-state index contributed by atoms with van der Waals surface area (Å²) in [4.78, 5) is 6.28. The molecule has 0 bridgehead atoms. The Balaban J connectivity index is 1.99. The number of aliphatic hydroxyl groups is 1. The van der Waals surface area contributed by atoms with E-state index in [-0.39, 0.29) is 5.54 Å². The summed E-state index contributed by atoms with van der Waals surface area (Å²) in [7, 11) is 2.01. The molecule has 2 rings (SSSR count). The van der Waals surface area contributed by atoms with Crippen molar-refractivity contribution in [2.75, 3.05) is 20.2 Å². The summed E-state index contributed by atoms with van der Waals surface area (Å²) >= 11 is 0. The maximum absolute atomic E-state index is 10.2. The molecule has 3 atom stereocenters. The number of hydrogen-bond donors (Lipinski definition) is 3. The Hall–Kier alpha value is -2.41. The fourth-order valence-corrected chi connectivity index (χ4v) is 3.49. The van der Waals surface area contributed by atoms with Crippen LogP contribution in [0.3, 0.4) is 0 Å². The van der Waals surface area contributed by atoms with E-state index in [0.717, 1.165) is 25.0 Å². The lowest BCUT2D eigenvalue weighted by Crippen LogP contribution is -2.50. The van der Waals surface area contributed by atoms with Crippen molar-refractivity contribution >= 4 is 6.21 Å². The Morgan fingerprint density at radius 2 is 2.34 bits per heavy atom. The number of allylic oxidation sites excluding steroid dienone is 6. The highest BCUT2D eigenvalue weighted by atomic mass is 16.6. The zero-order valence-electron chi connectivity index (χ0n) is 17.5. The van der Waals surface area contributed by atoms with Crippen LogP contribution < -0.4 is 10.6 Å². The van der Waals surface area contributed by atoms with Crippen LogP contribution >= 0.6 is 0 Å². The highest BCUT2D eigenvalue weighted by Gasteiger charge is 2.33. The van der Waals surface area contributed by atoms with Gasteiger partial charge in [0.15, 0.2) is 0 Å². The number of likely N-dealkylation sites (N-methyl/N-ethyl adjacent to an activating group) is 1. The van der Waals surface area contributed by atoms with Gasteiger partial charge in [-0.3, -0.25) is 10.3 Å². The molecule has 6 heteroatoms. The Labute approximate surface area is 174 Å². The van der Waals surface area contributed by atoms with Gasteiger partial charge in [-0.05, 0) is 31.4 Å². The minimum Gasteiger partial charge on any atom is -0.379 e. The molecule has 3 N–H and O–H groups in total. The smallest absolute Gasteiger partial charge is 0.213 e. The molecule has 0 radical (unpaired) electrons. The van der Waals surface area contributed by atoms with Crippen molar-refractivity contribution < 1.29 is 9.84 Å². The van der Waals surface area contributed by atoms with Crippen molar-refractivity contribution in [1.82, 2.24) is 15.5 Å². The second-order valence-electron chi connectivity index (χ2n) is 7.13. The van der Waals surface area contributed by atoms with Crippen molar-refractivity contribution in [3.05, 3.63) is 73.4 Å². The first-order valence-corrected chi connectivity index (χ1v) is 10.2. The van der Waals surface area contributed by atoms with Gasteiger partial charge in [-0.1, -0.05) is 43.9 Å². The molecule has 0 fully saturated rings. The maximum Gasteiger partial charge on any atom is 0.213 e. The van der Waals surface area contributed by atoms with Crippen LogP contribution in [0.15, 0.2) is 78.4 Å². The number of aliphatic imine (C=N–C) groups is 1. The zero-order chi connectivity index (χ0) is 21.0. The van der Waals surface area contributed by atoms with Crippen LogP contribution in [0, 0.1) is 5.92 Å². The number of nitrogens with one attached hydrogen (secondary N) is 2. The molecule has 2 aliphatic rings. The quantitative estimate of drug-likeness (QED) is 0.521. The van der Waals surface area contributed by atoms with E-state index in [1.54, 1.807) is 18.5 Å². The molecule has 0 aromatic heterocycles. The number of hydrogen-bond acceptors (Lipinski definition) is 6. The van der Waals surface area contributed by atoms with E-state index >= 15 is 0 Å². The predicted molar refractivity (Wildman–Crippen MR) is 120 cm³/mol. The number of ether oxygens (including phenoxy) is 1. The normalized spacial score (nSPS) is 29.8. The van der Waals surface area contributed by atoms with E-state index in [1.165, 1.54) is 0 Å². The van der Waals surface area contributed by atoms with Crippen LogP contribution in [-0.2, 0) is 4.74 Å². The SMILES string of the molecule is C=C/C=C1\N(C)/C=C/C=N/C=C/NC1(CC)CCNC(O)OCC1C=CC=CC1. The molecule has 1 aliphatic carbocycles. The highest BCUT2D eigenvalue weighted by Crippen LogP contribution is 2.28. The molecular weight excluding hydrogens is 364 g/mol. The minimum absolute atomic E-state index is 0.312. The first-order valence-electron chi connectivity index (χ1n) is 10.2. The van der Waals surface area contributed by atoms with Crippen LogP contribution in [-0.4, -0.2) is 48.4 Å². The Bertz CT molecular complexity index is 693. The van der Waals surface area contributed by atoms with Crippen LogP contribution in [0.4, 0.5) is 0 Å². The van der Waals surface area contributed by atoms with Gasteiger partial charge in [0.1, 0.15) is 0 Å². The van der Waals surface area contributed by atoms with Gasteiger partial charge in [-0.25, -0.2) is 0 Å². The van der Waals surface area contributed by atoms with Gasteiger partial charge < -0.3 is 20.1 Å². The van der Waals surface area contributed by atoms with E-state index in [1.807, 2.05) is 43.8 Å². The molecule has 6 nitrogen and oxygen atoms in total. The predicted octanol–water partition coefficient (Wildman–Crippen LogP) is 3.20. The van der Waals surface area contributed by atoms with Crippen molar-refractivity contribution in [1.29, 1.82) is 0 Å². The van der Waals surface area contributed by atoms with Gasteiger partial charge in [0.05, 0.1) is 12.1 Å². The molecular formula is C23H34N4O2. The van der Waals surface area contributed by atoms with E-state index in [0.29, 0.717) is 19.1 Å². The van der Waals surface area contributed by atoms with Gasteiger partial charge >= 0.3 is 0 Å². The lowest BCUT2D eigenvalue weighted by molar-refractivity contribution is -0.126. The van der Waals surface area contributed by atoms with E-state index in [9.17, 15) is 5.11 Å². The lowest BCUT2D eigenvalue weighted by Gasteiger charge is -2.40. The summed E-state index contributed by atoms with van der Waals surface area (Å²) in [5, 5.41) is 16.8. The molecule has 0 saturated heterocycles. The average molecular weight is 399 g/mol. The van der Waals surface area contributed by atoms with Crippen LogP contribution in [0.1, 0.15) is 26.2 Å². The Morgan fingerprint density at radius 1 is 1.48 bits per heavy atom. The zero-order valence-corrected chi connectivity index (χ0v) is 17.5. The molecule has 0 aromatic rings. The third-order valence-electron chi connectivity index (χ3n) is 5.16.